The molecule has 1 aromatic heterocycles. The number of amides is 8. The van der Waals surface area contributed by atoms with Crippen LogP contribution < -0.4 is 50.4 Å². The topological polar surface area (TPSA) is 545 Å². The Kier molecular flexibility index (Phi) is 25.7. The number of aliphatic imine (C=N–C) groups is 3. The van der Waals surface area contributed by atoms with E-state index in [-0.39, 0.29) is 117 Å². The lowest BCUT2D eigenvalue weighted by Crippen LogP contribution is -2.56. The van der Waals surface area contributed by atoms with Crippen LogP contribution in [-0.4, -0.2) is 173 Å². The first-order chi connectivity index (χ1) is 48.7. The van der Waals surface area contributed by atoms with Crippen molar-refractivity contribution in [1.82, 2.24) is 25.5 Å². The van der Waals surface area contributed by atoms with Gasteiger partial charge in [-0.1, -0.05) is 39.7 Å². The standard InChI is InChI=1S/C69H102N17O17P/c1-35-26-45-46(27-36(35)2)86(34-79-45)63-58(94)59(47(101-63)33-100-64(95)77-20-22-98-24-25-99-23-21-80-85-76)103-104(96,97)102-37(3)32-78-55(93)18-19-66(8)43(28-52(73)90)62-69(11)68(10,31-54(75)92)42(14-17-51(72)89)57(84-69)39(5)61-67(9,30-53(74)91)40(12-15-49(70)87)44(81-61)29-48-65(6,7)41(13-16-50(71)88)56(82-48)38(4)60(66)83-62/h26-27,29,34,37,40-43,47,58-59,62-63,81,94H,12-25,28,30-33H2,1-11H3,(H2,70,87)(H2,71,88)(H2,72,89)(H2,73,90)(H2,74,91)(H2,75,92)(H,77,95)(H,78,93)(H,96,97)/b44-29?,56-38?,61-39-/t37-,40-,41-,42-,43+,47-,58-,59-,62-,63+,66-,67+,68+,69+/m1/s1. The number of nitrogens with zero attached hydrogens (tertiary/aromatic N) is 8. The Labute approximate surface area is 603 Å². The van der Waals surface area contributed by atoms with E-state index in [0.29, 0.717) is 56.4 Å². The number of benzene rings is 1. The Morgan fingerprint density at radius 3 is 2.05 bits per heavy atom. The van der Waals surface area contributed by atoms with Crippen LogP contribution in [0.15, 0.2) is 72.9 Å². The number of imidazole rings is 1. The highest BCUT2D eigenvalue weighted by atomic mass is 31.2. The molecule has 0 aliphatic carbocycles. The molecule has 2 fully saturated rings. The summed E-state index contributed by atoms with van der Waals surface area (Å²) in [6.07, 6.45) is -6.03. The zero-order chi connectivity index (χ0) is 76.8. The van der Waals surface area contributed by atoms with Crippen molar-refractivity contribution in [3.8, 4) is 0 Å². The van der Waals surface area contributed by atoms with Gasteiger partial charge in [0, 0.05) is 149 Å². The Morgan fingerprint density at radius 1 is 0.798 bits per heavy atom. The fourth-order valence-corrected chi connectivity index (χ4v) is 17.5. The molecule has 0 radical (unpaired) electrons. The molecule has 17 N–H and O–H groups in total. The number of allylic oxidation sites excluding steroid dienone is 6. The highest BCUT2D eigenvalue weighted by molar-refractivity contribution is 7.47. The third-order valence-corrected chi connectivity index (χ3v) is 23.2. The summed E-state index contributed by atoms with van der Waals surface area (Å²) in [5, 5.41) is 24.3. The first-order valence-electron chi connectivity index (χ1n) is 34.9. The summed E-state index contributed by atoms with van der Waals surface area (Å²) in [4.78, 5) is 143. The Balaban J connectivity index is 1.11. The van der Waals surface area contributed by atoms with Crippen LogP contribution in [0.1, 0.15) is 150 Å². The van der Waals surface area contributed by atoms with E-state index in [4.69, 9.17) is 82.9 Å². The number of aromatic nitrogens is 2. The fourth-order valence-electron chi connectivity index (χ4n) is 16.3. The van der Waals surface area contributed by atoms with Crippen molar-refractivity contribution in [2.75, 3.05) is 52.7 Å². The molecule has 104 heavy (non-hydrogen) atoms. The maximum Gasteiger partial charge on any atom is 0.472 e. The van der Waals surface area contributed by atoms with Gasteiger partial charge in [-0.25, -0.2) is 14.3 Å². The number of carbonyl (C=O) groups is 8. The fraction of sp³-hybridized carbons (Fsp3) is 0.652. The van der Waals surface area contributed by atoms with Crippen LogP contribution in [0, 0.1) is 59.2 Å². The van der Waals surface area contributed by atoms with Crippen LogP contribution in [0.25, 0.3) is 21.5 Å². The number of phosphoric acid groups is 1. The lowest BCUT2D eigenvalue weighted by molar-refractivity contribution is -0.124. The highest BCUT2D eigenvalue weighted by Gasteiger charge is 2.66. The van der Waals surface area contributed by atoms with Gasteiger partial charge in [-0.15, -0.1) is 0 Å². The van der Waals surface area contributed by atoms with Crippen molar-refractivity contribution in [1.29, 1.82) is 0 Å². The summed E-state index contributed by atoms with van der Waals surface area (Å²) in [6, 6.07) is 2.61. The maximum absolute atomic E-state index is 14.6. The second-order valence-corrected chi connectivity index (χ2v) is 31.0. The van der Waals surface area contributed by atoms with Gasteiger partial charge in [0.25, 0.3) is 0 Å². The molecule has 1 aromatic carbocycles. The van der Waals surface area contributed by atoms with E-state index in [0.717, 1.165) is 11.1 Å². The van der Waals surface area contributed by atoms with E-state index in [1.54, 1.807) is 6.92 Å². The lowest BCUT2D eigenvalue weighted by Gasteiger charge is -2.48. The van der Waals surface area contributed by atoms with Gasteiger partial charge >= 0.3 is 13.9 Å². The van der Waals surface area contributed by atoms with Gasteiger partial charge in [0.2, 0.25) is 41.4 Å². The smallest absolute Gasteiger partial charge is 0.447 e. The second-order valence-electron chi connectivity index (χ2n) is 29.6. The van der Waals surface area contributed by atoms with Crippen molar-refractivity contribution in [2.24, 2.45) is 99.8 Å². The van der Waals surface area contributed by atoms with Crippen molar-refractivity contribution in [3.05, 3.63) is 74.3 Å². The number of aliphatic hydroxyl groups is 1. The number of ether oxygens (including phenoxy) is 4. The molecule has 0 saturated carbocycles. The first-order valence-corrected chi connectivity index (χ1v) is 36.4. The van der Waals surface area contributed by atoms with Crippen molar-refractivity contribution >= 4 is 83.4 Å². The van der Waals surface area contributed by atoms with E-state index >= 15 is 0 Å². The Bertz CT molecular complexity index is 3990. The summed E-state index contributed by atoms with van der Waals surface area (Å²) in [6.45, 7) is 20.0. The minimum absolute atomic E-state index is 0.0152. The van der Waals surface area contributed by atoms with Gasteiger partial charge in [-0.05, 0) is 113 Å². The van der Waals surface area contributed by atoms with Crippen LogP contribution in [0.4, 0.5) is 4.79 Å². The number of hydrogen-bond acceptors (Lipinski definition) is 22. The molecule has 1 unspecified atom stereocenters. The number of nitrogens with two attached hydrogens (primary N) is 6. The van der Waals surface area contributed by atoms with E-state index in [1.807, 2.05) is 80.5 Å². The number of hydrogen-bond donors (Lipinski definition) is 11. The predicted octanol–water partition coefficient (Wildman–Crippen LogP) is 4.24. The van der Waals surface area contributed by atoms with Crippen LogP contribution in [-0.2, 0) is 66.1 Å². The van der Waals surface area contributed by atoms with E-state index in [2.05, 4.69) is 31.0 Å². The number of azide groups is 1. The van der Waals surface area contributed by atoms with E-state index in [1.165, 1.54) is 17.8 Å². The number of nitrogens with one attached hydrogen (secondary N) is 3. The van der Waals surface area contributed by atoms with E-state index in [9.17, 15) is 52.9 Å². The summed E-state index contributed by atoms with van der Waals surface area (Å²) in [7, 11) is -5.23. The number of carbonyl (C=O) groups excluding carboxylic acids is 8. The molecule has 6 aliphatic heterocycles. The number of primary amides is 6. The molecular formula is C69H102N17O17P. The van der Waals surface area contributed by atoms with Crippen LogP contribution >= 0.6 is 7.82 Å². The summed E-state index contributed by atoms with van der Waals surface area (Å²) in [5.74, 6) is -7.42. The molecule has 570 valence electrons. The molecule has 2 saturated heterocycles. The summed E-state index contributed by atoms with van der Waals surface area (Å²) < 4.78 is 49.5. The molecular weight excluding hydrogens is 1370 g/mol. The molecule has 34 nitrogen and oxygen atoms in total. The number of aliphatic hydroxyl groups excluding tert-OH is 1. The molecule has 2 aromatic rings. The molecule has 8 amide bonds. The van der Waals surface area contributed by atoms with Gasteiger partial charge in [0.1, 0.15) is 24.9 Å². The van der Waals surface area contributed by atoms with E-state index < -0.39 is 149 Å². The molecule has 6 aliphatic rings. The maximum atomic E-state index is 14.6. The summed E-state index contributed by atoms with van der Waals surface area (Å²) >= 11 is 0. The third kappa shape index (κ3) is 17.6. The molecule has 35 heteroatoms. The number of phosphoric ester groups is 1. The van der Waals surface area contributed by atoms with Gasteiger partial charge in [-0.2, -0.15) is 0 Å². The quantitative estimate of drug-likeness (QED) is 0.0149. The molecule has 8 rings (SSSR count). The second kappa shape index (κ2) is 32.9. The monoisotopic (exact) mass is 1470 g/mol. The first kappa shape index (κ1) is 81.2. The van der Waals surface area contributed by atoms with Crippen LogP contribution in [0.5, 0.6) is 0 Å². The number of alkyl carbamates (subject to hydrolysis) is 1. The largest absolute Gasteiger partial charge is 0.472 e. The molecule has 8 bridgehead atoms. The average Bonchev–Trinajstić information content (AvgIpc) is 1.53. The lowest BCUT2D eigenvalue weighted by atomic mass is 9.55. The SMILES string of the molecule is CC1=C2N=C(C=C3N/C(=C(/C)C4=N[C@@](C)([C@@H]5N=C1[C@](C)(CCC(=O)NC[C@@H](C)OP(=O)(O)O[C@H]1[C@@H](O)[C@@H](n6cnc7cc(C)c(C)cc76)O[C@@H]1COC(=O)NCCOCCOCCN=[N+]=[N-])[C@H]5CC(N)=O)[C@@](C)(CC(N)=O)[C@@H]4CCC(N)=O)[C@@](C)(CC(N)=O)[C@@H]3CCC(N)=O)C(C)(C)[C@@H]2CCC(N)=O. The zero-order valence-corrected chi connectivity index (χ0v) is 61.9. The highest BCUT2D eigenvalue weighted by Crippen LogP contribution is 2.63. The number of fused-ring (bicyclic) bond motifs is 7. The number of rotatable bonds is 36. The normalized spacial score (nSPS) is 29.8. The molecule has 15 atom stereocenters. The zero-order valence-electron chi connectivity index (χ0n) is 61.0. The minimum Gasteiger partial charge on any atom is -0.447 e. The predicted molar refractivity (Wildman–Crippen MR) is 382 cm³/mol. The van der Waals surface area contributed by atoms with Crippen molar-refractivity contribution < 1.29 is 80.9 Å². The van der Waals surface area contributed by atoms with Crippen molar-refractivity contribution in [2.45, 2.75) is 189 Å². The summed E-state index contributed by atoms with van der Waals surface area (Å²) in [5.41, 5.74) is 45.4. The van der Waals surface area contributed by atoms with Gasteiger partial charge in [-0.3, -0.25) is 57.6 Å². The van der Waals surface area contributed by atoms with Gasteiger partial charge in [0.15, 0.2) is 6.23 Å². The molecule has 0 spiro atoms. The minimum atomic E-state index is -5.23. The van der Waals surface area contributed by atoms with Crippen LogP contribution in [0.2, 0.25) is 0 Å². The average molecular weight is 1470 g/mol. The third-order valence-electron chi connectivity index (χ3n) is 22.1. The Hall–Kier alpha value is -8.46. The molecule has 7 heterocycles. The number of aryl methyl sites for hydroxylation is 2. The van der Waals surface area contributed by atoms with Gasteiger partial charge in [0.05, 0.1) is 61.5 Å². The van der Waals surface area contributed by atoms with Crippen LogP contribution in [0.3, 0.4) is 0 Å². The van der Waals surface area contributed by atoms with Gasteiger partial charge < -0.3 is 83.9 Å². The Morgan fingerprint density at radius 2 is 1.42 bits per heavy atom. The van der Waals surface area contributed by atoms with Crippen molar-refractivity contribution in [3.63, 3.8) is 0 Å².